The van der Waals surface area contributed by atoms with Crippen molar-refractivity contribution in [1.29, 1.82) is 0 Å². The van der Waals surface area contributed by atoms with Gasteiger partial charge in [0.15, 0.2) is 0 Å². The Bertz CT molecular complexity index is 373. The van der Waals surface area contributed by atoms with Gasteiger partial charge in [-0.05, 0) is 33.6 Å². The number of hydrogen-bond acceptors (Lipinski definition) is 3. The van der Waals surface area contributed by atoms with Crippen LogP contribution in [0, 0.1) is 0 Å². The maximum Gasteiger partial charge on any atom is 0.248 e. The third kappa shape index (κ3) is 2.36. The first-order valence-electron chi connectivity index (χ1n) is 7.16. The van der Waals surface area contributed by atoms with Crippen molar-refractivity contribution in [2.75, 3.05) is 19.8 Å². The summed E-state index contributed by atoms with van der Waals surface area (Å²) in [6.45, 7) is 7.09. The summed E-state index contributed by atoms with van der Waals surface area (Å²) >= 11 is 0. The van der Waals surface area contributed by atoms with Gasteiger partial charge in [0.25, 0.3) is 0 Å². The number of nitrogens with zero attached hydrogens (tertiary/aromatic N) is 1. The Morgan fingerprint density at radius 3 is 2.47 bits per heavy atom. The minimum atomic E-state index is -0.808. The van der Waals surface area contributed by atoms with Crippen molar-refractivity contribution in [3.8, 4) is 0 Å². The number of nitrogens with one attached hydrogen (secondary N) is 1. The smallest absolute Gasteiger partial charge is 0.248 e. The molecular weight excluding hydrogens is 244 g/mol. The molecule has 0 bridgehead atoms. The first kappa shape index (κ1) is 14.3. The van der Waals surface area contributed by atoms with Gasteiger partial charge in [-0.1, -0.05) is 12.8 Å². The lowest BCUT2D eigenvalue weighted by Crippen LogP contribution is -2.73. The molecule has 0 unspecified atom stereocenters. The highest BCUT2D eigenvalue weighted by Crippen LogP contribution is 2.39. The van der Waals surface area contributed by atoms with Crippen LogP contribution in [-0.4, -0.2) is 47.6 Å². The highest BCUT2D eigenvalue weighted by molar-refractivity contribution is 6.02. The molecule has 1 saturated heterocycles. The highest BCUT2D eigenvalue weighted by Gasteiger charge is 2.55. The molecule has 0 radical (unpaired) electrons. The molecule has 1 N–H and O–H groups in total. The van der Waals surface area contributed by atoms with E-state index >= 15 is 0 Å². The molecule has 0 aromatic carbocycles. The minimum absolute atomic E-state index is 0.00565. The average molecular weight is 268 g/mol. The molecule has 2 amide bonds. The van der Waals surface area contributed by atoms with Crippen molar-refractivity contribution < 1.29 is 14.3 Å². The quantitative estimate of drug-likeness (QED) is 0.776. The summed E-state index contributed by atoms with van der Waals surface area (Å²) in [6.07, 6.45) is 3.55. The van der Waals surface area contributed by atoms with Crippen LogP contribution in [0.4, 0.5) is 0 Å². The van der Waals surface area contributed by atoms with Gasteiger partial charge >= 0.3 is 0 Å². The summed E-state index contributed by atoms with van der Waals surface area (Å²) in [5, 5.41) is 2.89. The van der Waals surface area contributed by atoms with Crippen LogP contribution >= 0.6 is 0 Å². The van der Waals surface area contributed by atoms with Crippen LogP contribution in [0.5, 0.6) is 0 Å². The molecular formula is C14H24N2O3. The molecule has 5 heteroatoms. The van der Waals surface area contributed by atoms with E-state index < -0.39 is 11.1 Å². The molecule has 1 spiro atoms. The molecule has 1 aliphatic carbocycles. The monoisotopic (exact) mass is 268 g/mol. The van der Waals surface area contributed by atoms with Gasteiger partial charge in [0.2, 0.25) is 11.8 Å². The van der Waals surface area contributed by atoms with E-state index in [0.29, 0.717) is 19.8 Å². The third-order valence-electron chi connectivity index (χ3n) is 4.24. The van der Waals surface area contributed by atoms with Crippen LogP contribution in [-0.2, 0) is 14.3 Å². The molecule has 108 valence electrons. The average Bonchev–Trinajstić information content (AvgIpc) is 2.82. The fourth-order valence-corrected chi connectivity index (χ4v) is 3.18. The van der Waals surface area contributed by atoms with E-state index in [1.165, 1.54) is 0 Å². The summed E-state index contributed by atoms with van der Waals surface area (Å²) in [5.41, 5.74) is -1.43. The summed E-state index contributed by atoms with van der Waals surface area (Å²) in [7, 11) is 0. The van der Waals surface area contributed by atoms with E-state index in [0.717, 1.165) is 25.7 Å². The molecule has 1 aliphatic heterocycles. The van der Waals surface area contributed by atoms with Gasteiger partial charge in [-0.3, -0.25) is 9.59 Å². The Morgan fingerprint density at radius 1 is 1.26 bits per heavy atom. The van der Waals surface area contributed by atoms with Crippen LogP contribution in [0.3, 0.4) is 0 Å². The fourth-order valence-electron chi connectivity index (χ4n) is 3.18. The van der Waals surface area contributed by atoms with Crippen molar-refractivity contribution in [2.24, 2.45) is 0 Å². The minimum Gasteiger partial charge on any atom is -0.380 e. The van der Waals surface area contributed by atoms with Gasteiger partial charge in [0.1, 0.15) is 11.1 Å². The zero-order valence-electron chi connectivity index (χ0n) is 12.1. The number of hydrogen-bond donors (Lipinski definition) is 1. The molecule has 0 aromatic rings. The lowest BCUT2D eigenvalue weighted by Gasteiger charge is -2.49. The highest BCUT2D eigenvalue weighted by atomic mass is 16.5. The van der Waals surface area contributed by atoms with Gasteiger partial charge < -0.3 is 15.0 Å². The van der Waals surface area contributed by atoms with Crippen LogP contribution in [0.1, 0.15) is 46.5 Å². The van der Waals surface area contributed by atoms with Gasteiger partial charge in [-0.15, -0.1) is 0 Å². The number of amides is 2. The predicted octanol–water partition coefficient (Wildman–Crippen LogP) is 1.07. The normalized spacial score (nSPS) is 24.9. The zero-order chi connectivity index (χ0) is 14.1. The first-order valence-corrected chi connectivity index (χ1v) is 7.16. The van der Waals surface area contributed by atoms with Crippen LogP contribution in [0.15, 0.2) is 0 Å². The number of piperazine rings is 1. The Hall–Kier alpha value is -1.10. The molecule has 5 nitrogen and oxygen atoms in total. The van der Waals surface area contributed by atoms with Gasteiger partial charge in [-0.2, -0.15) is 0 Å². The zero-order valence-corrected chi connectivity index (χ0v) is 12.1. The SMILES string of the molecule is CCOCCN1C(=O)C(C)(C)NC(=O)C12CCCC2. The van der Waals surface area contributed by atoms with Crippen LogP contribution in [0.25, 0.3) is 0 Å². The third-order valence-corrected chi connectivity index (χ3v) is 4.24. The summed E-state index contributed by atoms with van der Waals surface area (Å²) < 4.78 is 5.37. The van der Waals surface area contributed by atoms with E-state index in [4.69, 9.17) is 4.74 Å². The van der Waals surface area contributed by atoms with Crippen molar-refractivity contribution in [3.05, 3.63) is 0 Å². The van der Waals surface area contributed by atoms with Crippen molar-refractivity contribution in [1.82, 2.24) is 10.2 Å². The Labute approximate surface area is 114 Å². The Kier molecular flexibility index (Phi) is 3.85. The molecule has 19 heavy (non-hydrogen) atoms. The number of rotatable bonds is 4. The number of ether oxygens (including phenoxy) is 1. The second kappa shape index (κ2) is 5.12. The van der Waals surface area contributed by atoms with Gasteiger partial charge in [0.05, 0.1) is 6.61 Å². The molecule has 1 saturated carbocycles. The molecule has 0 atom stereocenters. The van der Waals surface area contributed by atoms with Crippen molar-refractivity contribution in [2.45, 2.75) is 57.5 Å². The molecule has 2 aliphatic rings. The first-order chi connectivity index (χ1) is 8.94. The van der Waals surface area contributed by atoms with E-state index in [1.54, 1.807) is 18.7 Å². The number of carbonyl (C=O) groups excluding carboxylic acids is 2. The second-order valence-electron chi connectivity index (χ2n) is 5.97. The largest absolute Gasteiger partial charge is 0.380 e. The van der Waals surface area contributed by atoms with E-state index in [1.807, 2.05) is 6.92 Å². The Morgan fingerprint density at radius 2 is 1.89 bits per heavy atom. The summed E-state index contributed by atoms with van der Waals surface area (Å²) in [5.74, 6) is 0.0137. The van der Waals surface area contributed by atoms with Crippen LogP contribution in [0.2, 0.25) is 0 Å². The topological polar surface area (TPSA) is 58.6 Å². The van der Waals surface area contributed by atoms with Crippen molar-refractivity contribution >= 4 is 11.8 Å². The van der Waals surface area contributed by atoms with E-state index in [2.05, 4.69) is 5.32 Å². The number of carbonyl (C=O) groups is 2. The van der Waals surface area contributed by atoms with E-state index in [9.17, 15) is 9.59 Å². The molecule has 2 fully saturated rings. The van der Waals surface area contributed by atoms with Gasteiger partial charge in [-0.25, -0.2) is 0 Å². The maximum atomic E-state index is 12.6. The second-order valence-corrected chi connectivity index (χ2v) is 5.97. The lowest BCUT2D eigenvalue weighted by molar-refractivity contribution is -0.162. The van der Waals surface area contributed by atoms with E-state index in [-0.39, 0.29) is 11.8 Å². The standard InChI is InChI=1S/C14H24N2O3/c1-4-19-10-9-16-12(18)13(2,3)15-11(17)14(16)7-5-6-8-14/h4-10H2,1-3H3,(H,15,17). The van der Waals surface area contributed by atoms with Gasteiger partial charge in [0, 0.05) is 13.2 Å². The molecule has 2 rings (SSSR count). The maximum absolute atomic E-state index is 12.6. The summed E-state index contributed by atoms with van der Waals surface area (Å²) in [4.78, 5) is 26.9. The lowest BCUT2D eigenvalue weighted by atomic mass is 9.85. The van der Waals surface area contributed by atoms with Crippen molar-refractivity contribution in [3.63, 3.8) is 0 Å². The predicted molar refractivity (Wildman–Crippen MR) is 71.6 cm³/mol. The molecule has 1 heterocycles. The van der Waals surface area contributed by atoms with Crippen LogP contribution < -0.4 is 5.32 Å². The fraction of sp³-hybridized carbons (Fsp3) is 0.857. The Balaban J connectivity index is 2.24. The summed E-state index contributed by atoms with van der Waals surface area (Å²) in [6, 6.07) is 0. The molecule has 0 aromatic heterocycles.